The average Bonchev–Trinajstić information content (AvgIpc) is 2.87. The Morgan fingerprint density at radius 2 is 1.95 bits per heavy atom. The largest absolute Gasteiger partial charge is 0.307 e. The minimum atomic E-state index is -0.106. The average molecular weight is 257 g/mol. The normalized spacial score (nSPS) is 10.7. The van der Waals surface area contributed by atoms with Gasteiger partial charge in [0.2, 0.25) is 0 Å². The number of carbonyl (C=O) groups excluding carboxylic acids is 1. The van der Waals surface area contributed by atoms with Crippen molar-refractivity contribution in [2.45, 2.75) is 33.2 Å². The number of rotatable bonds is 4. The monoisotopic (exact) mass is 257 g/mol. The zero-order chi connectivity index (χ0) is 13.8. The number of carbonyl (C=O) groups is 1. The van der Waals surface area contributed by atoms with Gasteiger partial charge < -0.3 is 5.32 Å². The molecule has 1 amide bonds. The zero-order valence-electron chi connectivity index (χ0n) is 11.6. The summed E-state index contributed by atoms with van der Waals surface area (Å²) in [6, 6.07) is 9.68. The highest BCUT2D eigenvalue weighted by Crippen LogP contribution is 2.14. The maximum Gasteiger partial charge on any atom is 0.256 e. The van der Waals surface area contributed by atoms with Crippen molar-refractivity contribution >= 4 is 11.7 Å². The fourth-order valence-corrected chi connectivity index (χ4v) is 1.91. The SMILES string of the molecule is CCc1ccc(C(=O)Nc2ccnn2C(C)C)cc1. The van der Waals surface area contributed by atoms with E-state index >= 15 is 0 Å². The molecule has 1 aromatic carbocycles. The molecule has 0 aliphatic heterocycles. The molecule has 100 valence electrons. The minimum Gasteiger partial charge on any atom is -0.307 e. The molecule has 4 heteroatoms. The maximum atomic E-state index is 12.1. The molecule has 0 radical (unpaired) electrons. The Morgan fingerprint density at radius 3 is 2.53 bits per heavy atom. The third-order valence-electron chi connectivity index (χ3n) is 3.03. The summed E-state index contributed by atoms with van der Waals surface area (Å²) in [7, 11) is 0. The Hall–Kier alpha value is -2.10. The summed E-state index contributed by atoms with van der Waals surface area (Å²) >= 11 is 0. The highest BCUT2D eigenvalue weighted by Gasteiger charge is 2.10. The van der Waals surface area contributed by atoms with Gasteiger partial charge in [0.25, 0.3) is 5.91 Å². The first kappa shape index (κ1) is 13.3. The molecule has 0 atom stereocenters. The van der Waals surface area contributed by atoms with Gasteiger partial charge in [-0.15, -0.1) is 0 Å². The van der Waals surface area contributed by atoms with Crippen LogP contribution in [0.4, 0.5) is 5.82 Å². The van der Waals surface area contributed by atoms with Gasteiger partial charge in [-0.25, -0.2) is 4.68 Å². The Balaban J connectivity index is 2.13. The molecule has 19 heavy (non-hydrogen) atoms. The molecule has 1 heterocycles. The van der Waals surface area contributed by atoms with E-state index < -0.39 is 0 Å². The van der Waals surface area contributed by atoms with Crippen LogP contribution in [0.15, 0.2) is 36.5 Å². The Bertz CT molecular complexity index is 555. The standard InChI is InChI=1S/C15H19N3O/c1-4-12-5-7-13(8-6-12)15(19)17-14-9-10-16-18(14)11(2)3/h5-11H,4H2,1-3H3,(H,17,19). The van der Waals surface area contributed by atoms with Gasteiger partial charge in [-0.2, -0.15) is 5.10 Å². The summed E-state index contributed by atoms with van der Waals surface area (Å²) in [6.45, 7) is 6.15. The number of aryl methyl sites for hydroxylation is 1. The van der Waals surface area contributed by atoms with Crippen LogP contribution >= 0.6 is 0 Å². The van der Waals surface area contributed by atoms with Crippen molar-refractivity contribution < 1.29 is 4.79 Å². The zero-order valence-corrected chi connectivity index (χ0v) is 11.6. The van der Waals surface area contributed by atoms with Crippen molar-refractivity contribution in [2.24, 2.45) is 0 Å². The van der Waals surface area contributed by atoms with Gasteiger partial charge in [-0.3, -0.25) is 4.79 Å². The summed E-state index contributed by atoms with van der Waals surface area (Å²) in [5, 5.41) is 7.08. The lowest BCUT2D eigenvalue weighted by Gasteiger charge is -2.11. The number of nitrogens with one attached hydrogen (secondary N) is 1. The Morgan fingerprint density at radius 1 is 1.26 bits per heavy atom. The van der Waals surface area contributed by atoms with Crippen LogP contribution in [0, 0.1) is 0 Å². The minimum absolute atomic E-state index is 0.106. The second-order valence-electron chi connectivity index (χ2n) is 4.76. The van der Waals surface area contributed by atoms with Crippen LogP contribution < -0.4 is 5.32 Å². The molecule has 0 unspecified atom stereocenters. The molecule has 0 aliphatic carbocycles. The summed E-state index contributed by atoms with van der Waals surface area (Å²) in [6.07, 6.45) is 2.66. The first-order valence-corrected chi connectivity index (χ1v) is 6.55. The lowest BCUT2D eigenvalue weighted by molar-refractivity contribution is 0.102. The van der Waals surface area contributed by atoms with Gasteiger partial charge in [-0.05, 0) is 38.0 Å². The predicted octanol–water partition coefficient (Wildman–Crippen LogP) is 3.28. The van der Waals surface area contributed by atoms with E-state index in [0.717, 1.165) is 12.2 Å². The van der Waals surface area contributed by atoms with Gasteiger partial charge in [0.15, 0.2) is 0 Å². The Labute approximate surface area is 113 Å². The number of aromatic nitrogens is 2. The number of amides is 1. The topological polar surface area (TPSA) is 46.9 Å². The molecule has 0 spiro atoms. The molecule has 0 bridgehead atoms. The quantitative estimate of drug-likeness (QED) is 0.913. The number of hydrogen-bond donors (Lipinski definition) is 1. The van der Waals surface area contributed by atoms with E-state index in [9.17, 15) is 4.79 Å². The second kappa shape index (κ2) is 5.69. The van der Waals surface area contributed by atoms with Crippen molar-refractivity contribution in [1.29, 1.82) is 0 Å². The van der Waals surface area contributed by atoms with Gasteiger partial charge >= 0.3 is 0 Å². The van der Waals surface area contributed by atoms with Crippen molar-refractivity contribution in [3.63, 3.8) is 0 Å². The molecule has 1 N–H and O–H groups in total. The number of nitrogens with zero attached hydrogens (tertiary/aromatic N) is 2. The van der Waals surface area contributed by atoms with E-state index in [1.165, 1.54) is 5.56 Å². The van der Waals surface area contributed by atoms with E-state index in [1.807, 2.05) is 38.1 Å². The van der Waals surface area contributed by atoms with Crippen LogP contribution in [0.3, 0.4) is 0 Å². The van der Waals surface area contributed by atoms with E-state index in [0.29, 0.717) is 5.56 Å². The smallest absolute Gasteiger partial charge is 0.256 e. The van der Waals surface area contributed by atoms with Crippen molar-refractivity contribution in [3.8, 4) is 0 Å². The number of benzene rings is 1. The van der Waals surface area contributed by atoms with E-state index in [4.69, 9.17) is 0 Å². The van der Waals surface area contributed by atoms with Gasteiger partial charge in [0.05, 0.1) is 6.20 Å². The summed E-state index contributed by atoms with van der Waals surface area (Å²) in [5.74, 6) is 0.615. The maximum absolute atomic E-state index is 12.1. The molecular formula is C15H19N3O. The van der Waals surface area contributed by atoms with Gasteiger partial charge in [0.1, 0.15) is 5.82 Å². The van der Waals surface area contributed by atoms with Crippen molar-refractivity contribution in [2.75, 3.05) is 5.32 Å². The first-order valence-electron chi connectivity index (χ1n) is 6.55. The predicted molar refractivity (Wildman–Crippen MR) is 76.4 cm³/mol. The van der Waals surface area contributed by atoms with E-state index in [-0.39, 0.29) is 11.9 Å². The summed E-state index contributed by atoms with van der Waals surface area (Å²) in [5.41, 5.74) is 1.89. The molecule has 0 saturated heterocycles. The van der Waals surface area contributed by atoms with Crippen LogP contribution in [-0.2, 0) is 6.42 Å². The lowest BCUT2D eigenvalue weighted by atomic mass is 10.1. The van der Waals surface area contributed by atoms with Crippen LogP contribution in [0.1, 0.15) is 42.7 Å². The van der Waals surface area contributed by atoms with Crippen LogP contribution in [0.5, 0.6) is 0 Å². The highest BCUT2D eigenvalue weighted by atomic mass is 16.1. The molecule has 0 saturated carbocycles. The van der Waals surface area contributed by atoms with Gasteiger partial charge in [-0.1, -0.05) is 19.1 Å². The summed E-state index contributed by atoms with van der Waals surface area (Å²) < 4.78 is 1.79. The highest BCUT2D eigenvalue weighted by molar-refractivity contribution is 6.03. The molecule has 0 aliphatic rings. The van der Waals surface area contributed by atoms with Crippen LogP contribution in [0.2, 0.25) is 0 Å². The Kier molecular flexibility index (Phi) is 4.00. The van der Waals surface area contributed by atoms with Crippen LogP contribution in [-0.4, -0.2) is 15.7 Å². The fourth-order valence-electron chi connectivity index (χ4n) is 1.91. The third-order valence-corrected chi connectivity index (χ3v) is 3.03. The third kappa shape index (κ3) is 3.02. The lowest BCUT2D eigenvalue weighted by Crippen LogP contribution is -2.16. The van der Waals surface area contributed by atoms with Gasteiger partial charge in [0, 0.05) is 17.7 Å². The fraction of sp³-hybridized carbons (Fsp3) is 0.333. The molecule has 2 aromatic rings. The van der Waals surface area contributed by atoms with Crippen molar-refractivity contribution in [3.05, 3.63) is 47.7 Å². The molecule has 1 aromatic heterocycles. The number of anilines is 1. The molecule has 2 rings (SSSR count). The second-order valence-corrected chi connectivity index (χ2v) is 4.76. The van der Waals surface area contributed by atoms with Crippen molar-refractivity contribution in [1.82, 2.24) is 9.78 Å². The van der Waals surface area contributed by atoms with E-state index in [2.05, 4.69) is 17.3 Å². The van der Waals surface area contributed by atoms with Crippen LogP contribution in [0.25, 0.3) is 0 Å². The molecular weight excluding hydrogens is 238 g/mol. The molecule has 4 nitrogen and oxygen atoms in total. The first-order chi connectivity index (χ1) is 9.11. The molecule has 0 fully saturated rings. The summed E-state index contributed by atoms with van der Waals surface area (Å²) in [4.78, 5) is 12.1. The van der Waals surface area contributed by atoms with E-state index in [1.54, 1.807) is 16.9 Å². The number of hydrogen-bond acceptors (Lipinski definition) is 2.